The number of rotatable bonds is 2. The second kappa shape index (κ2) is 5.54. The number of anilines is 1. The van der Waals surface area contributed by atoms with E-state index in [2.05, 4.69) is 16.3 Å². The van der Waals surface area contributed by atoms with Crippen molar-refractivity contribution in [3.8, 4) is 6.07 Å². The minimum absolute atomic E-state index is 0.0528. The van der Waals surface area contributed by atoms with Gasteiger partial charge in [-0.3, -0.25) is 4.79 Å². The third-order valence-corrected chi connectivity index (χ3v) is 3.36. The van der Waals surface area contributed by atoms with E-state index in [0.29, 0.717) is 5.56 Å². The van der Waals surface area contributed by atoms with Crippen LogP contribution < -0.4 is 10.2 Å². The molecule has 1 saturated heterocycles. The van der Waals surface area contributed by atoms with Crippen molar-refractivity contribution in [2.24, 2.45) is 0 Å². The van der Waals surface area contributed by atoms with E-state index < -0.39 is 0 Å². The first-order chi connectivity index (χ1) is 8.76. The molecule has 0 aliphatic carbocycles. The zero-order valence-corrected chi connectivity index (χ0v) is 10.5. The summed E-state index contributed by atoms with van der Waals surface area (Å²) in [5.41, 5.74) is 1.59. The highest BCUT2D eigenvalue weighted by atomic mass is 16.2. The molecule has 0 saturated carbocycles. The maximum Gasteiger partial charge on any atom is 0.242 e. The lowest BCUT2D eigenvalue weighted by molar-refractivity contribution is -0.122. The number of nitrogens with zero attached hydrogens (tertiary/aromatic N) is 2. The summed E-state index contributed by atoms with van der Waals surface area (Å²) in [5, 5.41) is 11.7. The van der Waals surface area contributed by atoms with Crippen LogP contribution >= 0.6 is 0 Å². The van der Waals surface area contributed by atoms with Gasteiger partial charge in [-0.2, -0.15) is 5.26 Å². The maximum atomic E-state index is 11.9. The smallest absolute Gasteiger partial charge is 0.242 e. The van der Waals surface area contributed by atoms with Gasteiger partial charge in [0.15, 0.2) is 0 Å². The molecule has 1 unspecified atom stereocenters. The largest absolute Gasteiger partial charge is 0.359 e. The minimum Gasteiger partial charge on any atom is -0.359 e. The third-order valence-electron chi connectivity index (χ3n) is 3.36. The number of carbonyl (C=O) groups is 1. The first-order valence-corrected chi connectivity index (χ1v) is 6.24. The minimum atomic E-state index is -0.113. The van der Waals surface area contributed by atoms with Crippen molar-refractivity contribution in [1.82, 2.24) is 5.32 Å². The number of carbonyl (C=O) groups excluding carboxylic acids is 1. The molecule has 0 aromatic heterocycles. The molecule has 4 heteroatoms. The second-order valence-electron chi connectivity index (χ2n) is 4.48. The number of benzene rings is 1. The van der Waals surface area contributed by atoms with Crippen LogP contribution in [0.2, 0.25) is 0 Å². The van der Waals surface area contributed by atoms with Gasteiger partial charge in [0.05, 0.1) is 11.6 Å². The molecule has 1 heterocycles. The van der Waals surface area contributed by atoms with Gasteiger partial charge in [-0.1, -0.05) is 6.07 Å². The van der Waals surface area contributed by atoms with Gasteiger partial charge in [0.1, 0.15) is 6.04 Å². The highest BCUT2D eigenvalue weighted by molar-refractivity contribution is 5.85. The zero-order valence-electron chi connectivity index (χ0n) is 10.5. The van der Waals surface area contributed by atoms with Crippen LogP contribution in [0.25, 0.3) is 0 Å². The van der Waals surface area contributed by atoms with E-state index in [1.807, 2.05) is 18.2 Å². The fourth-order valence-corrected chi connectivity index (χ4v) is 2.43. The maximum absolute atomic E-state index is 11.9. The van der Waals surface area contributed by atoms with E-state index in [1.54, 1.807) is 13.1 Å². The Morgan fingerprint density at radius 1 is 1.50 bits per heavy atom. The molecule has 1 aliphatic rings. The third kappa shape index (κ3) is 2.45. The van der Waals surface area contributed by atoms with E-state index >= 15 is 0 Å². The van der Waals surface area contributed by atoms with Gasteiger partial charge in [0, 0.05) is 19.3 Å². The standard InChI is InChI=1S/C14H17N3O/c1-16-14(18)13-7-2-3-8-17(13)12-6-4-5-11(9-12)10-15/h4-6,9,13H,2-3,7-8H2,1H3,(H,16,18). The number of likely N-dealkylation sites (N-methyl/N-ethyl adjacent to an activating group) is 1. The van der Waals surface area contributed by atoms with Crippen LogP contribution in [0.5, 0.6) is 0 Å². The molecule has 1 aromatic carbocycles. The van der Waals surface area contributed by atoms with Crippen LogP contribution in [0.1, 0.15) is 24.8 Å². The Morgan fingerprint density at radius 3 is 3.06 bits per heavy atom. The molecule has 1 aromatic rings. The van der Waals surface area contributed by atoms with Crippen LogP contribution in [0.15, 0.2) is 24.3 Å². The van der Waals surface area contributed by atoms with Crippen LogP contribution in [0.3, 0.4) is 0 Å². The predicted molar refractivity (Wildman–Crippen MR) is 70.2 cm³/mol. The number of amides is 1. The topological polar surface area (TPSA) is 56.1 Å². The summed E-state index contributed by atoms with van der Waals surface area (Å²) in [6.07, 6.45) is 3.03. The van der Waals surface area contributed by atoms with Crippen molar-refractivity contribution >= 4 is 11.6 Å². The Hall–Kier alpha value is -2.02. The Bertz CT molecular complexity index is 478. The van der Waals surface area contributed by atoms with E-state index in [9.17, 15) is 4.79 Å². The monoisotopic (exact) mass is 243 g/mol. The van der Waals surface area contributed by atoms with Gasteiger partial charge < -0.3 is 10.2 Å². The Kier molecular flexibility index (Phi) is 3.83. The molecule has 1 fully saturated rings. The number of nitrogens with one attached hydrogen (secondary N) is 1. The van der Waals surface area contributed by atoms with E-state index in [0.717, 1.165) is 31.5 Å². The molecule has 0 spiro atoms. The average Bonchev–Trinajstić information content (AvgIpc) is 2.46. The van der Waals surface area contributed by atoms with E-state index in [-0.39, 0.29) is 11.9 Å². The van der Waals surface area contributed by atoms with Crippen molar-refractivity contribution < 1.29 is 4.79 Å². The lowest BCUT2D eigenvalue weighted by Gasteiger charge is -2.36. The summed E-state index contributed by atoms with van der Waals surface area (Å²) in [7, 11) is 1.67. The molecule has 0 radical (unpaired) electrons. The quantitative estimate of drug-likeness (QED) is 0.859. The Labute approximate surface area is 107 Å². The highest BCUT2D eigenvalue weighted by Crippen LogP contribution is 2.25. The molecular weight excluding hydrogens is 226 g/mol. The van der Waals surface area contributed by atoms with Crippen molar-refractivity contribution in [2.75, 3.05) is 18.5 Å². The molecule has 2 rings (SSSR count). The van der Waals surface area contributed by atoms with E-state index in [4.69, 9.17) is 5.26 Å². The van der Waals surface area contributed by atoms with Gasteiger partial charge in [0.2, 0.25) is 5.91 Å². The molecule has 1 aliphatic heterocycles. The highest BCUT2D eigenvalue weighted by Gasteiger charge is 2.28. The number of nitriles is 1. The lowest BCUT2D eigenvalue weighted by Crippen LogP contribution is -2.48. The number of hydrogen-bond acceptors (Lipinski definition) is 3. The molecular formula is C14H17N3O. The summed E-state index contributed by atoms with van der Waals surface area (Å²) in [4.78, 5) is 14.0. The van der Waals surface area contributed by atoms with E-state index in [1.165, 1.54) is 0 Å². The van der Waals surface area contributed by atoms with Crippen molar-refractivity contribution in [2.45, 2.75) is 25.3 Å². The molecule has 4 nitrogen and oxygen atoms in total. The predicted octanol–water partition coefficient (Wildman–Crippen LogP) is 1.66. The Balaban J connectivity index is 2.28. The molecule has 18 heavy (non-hydrogen) atoms. The normalized spacial score (nSPS) is 19.1. The molecule has 94 valence electrons. The van der Waals surface area contributed by atoms with Gasteiger partial charge in [-0.15, -0.1) is 0 Å². The zero-order chi connectivity index (χ0) is 13.0. The number of hydrogen-bond donors (Lipinski definition) is 1. The van der Waals surface area contributed by atoms with Crippen LogP contribution in [-0.2, 0) is 4.79 Å². The molecule has 0 bridgehead atoms. The number of piperidine rings is 1. The first-order valence-electron chi connectivity index (χ1n) is 6.24. The van der Waals surface area contributed by atoms with Crippen LogP contribution in [0.4, 0.5) is 5.69 Å². The Morgan fingerprint density at radius 2 is 2.33 bits per heavy atom. The summed E-state index contributed by atoms with van der Waals surface area (Å²) >= 11 is 0. The van der Waals surface area contributed by atoms with Crippen molar-refractivity contribution in [3.05, 3.63) is 29.8 Å². The molecule has 1 amide bonds. The second-order valence-corrected chi connectivity index (χ2v) is 4.48. The van der Waals surface area contributed by atoms with Crippen LogP contribution in [-0.4, -0.2) is 25.5 Å². The van der Waals surface area contributed by atoms with Crippen molar-refractivity contribution in [1.29, 1.82) is 5.26 Å². The van der Waals surface area contributed by atoms with Crippen LogP contribution in [0, 0.1) is 11.3 Å². The fraction of sp³-hybridized carbons (Fsp3) is 0.429. The van der Waals surface area contributed by atoms with Gasteiger partial charge in [-0.25, -0.2) is 0 Å². The summed E-state index contributed by atoms with van der Waals surface area (Å²) in [6.45, 7) is 0.868. The summed E-state index contributed by atoms with van der Waals surface area (Å²) in [5.74, 6) is 0.0528. The fourth-order valence-electron chi connectivity index (χ4n) is 2.43. The summed E-state index contributed by atoms with van der Waals surface area (Å²) < 4.78 is 0. The lowest BCUT2D eigenvalue weighted by atomic mass is 10.00. The molecule has 1 atom stereocenters. The SMILES string of the molecule is CNC(=O)C1CCCCN1c1cccc(C#N)c1. The first kappa shape index (κ1) is 12.4. The average molecular weight is 243 g/mol. The van der Waals surface area contributed by atoms with Gasteiger partial charge >= 0.3 is 0 Å². The molecule has 1 N–H and O–H groups in total. The van der Waals surface area contributed by atoms with Gasteiger partial charge in [-0.05, 0) is 37.5 Å². The summed E-state index contributed by atoms with van der Waals surface area (Å²) in [6, 6.07) is 9.48. The van der Waals surface area contributed by atoms with Gasteiger partial charge in [0.25, 0.3) is 0 Å². The van der Waals surface area contributed by atoms with Crippen molar-refractivity contribution in [3.63, 3.8) is 0 Å².